The molecule has 3 rings (SSSR count). The summed E-state index contributed by atoms with van der Waals surface area (Å²) in [5.74, 6) is 5.67. The highest BCUT2D eigenvalue weighted by Crippen LogP contribution is 2.30. The van der Waals surface area contributed by atoms with E-state index < -0.39 is 5.91 Å². The van der Waals surface area contributed by atoms with E-state index in [1.54, 1.807) is 0 Å². The summed E-state index contributed by atoms with van der Waals surface area (Å²) in [6.07, 6.45) is 2.48. The first-order valence-corrected chi connectivity index (χ1v) is 6.38. The highest BCUT2D eigenvalue weighted by atomic mass is 16.5. The number of hydrogen-bond acceptors (Lipinski definition) is 4. The van der Waals surface area contributed by atoms with Gasteiger partial charge in [0.25, 0.3) is 0 Å². The highest BCUT2D eigenvalue weighted by Gasteiger charge is 2.23. The first-order valence-electron chi connectivity index (χ1n) is 6.38. The second-order valence-corrected chi connectivity index (χ2v) is 4.84. The van der Waals surface area contributed by atoms with E-state index in [9.17, 15) is 4.79 Å². The maximum atomic E-state index is 11.7. The number of amides is 1. The van der Waals surface area contributed by atoms with Crippen molar-refractivity contribution in [2.24, 2.45) is 11.8 Å². The maximum Gasteiger partial charge on any atom is 0.301 e. The summed E-state index contributed by atoms with van der Waals surface area (Å²) in [4.78, 5) is 11.7. The minimum absolute atomic E-state index is 0.236. The van der Waals surface area contributed by atoms with E-state index in [2.05, 4.69) is 5.43 Å². The molecule has 1 aromatic carbocycles. The van der Waals surface area contributed by atoms with Crippen LogP contribution in [-0.2, 0) is 11.3 Å². The summed E-state index contributed by atoms with van der Waals surface area (Å²) in [6, 6.07) is 7.52. The molecule has 1 heterocycles. The summed E-state index contributed by atoms with van der Waals surface area (Å²) in [5, 5.41) is 0.900. The molecule has 5 heteroatoms. The summed E-state index contributed by atoms with van der Waals surface area (Å²) in [7, 11) is 0. The normalized spacial score (nSPS) is 14.8. The second kappa shape index (κ2) is 5.03. The standard InChI is InChI=1S/C14H16N2O3/c15-16-14(17)13-11(8-18-7-9-5-6-9)10-3-1-2-4-12(10)19-13/h1-4,9H,5-8,15H2,(H,16,17). The lowest BCUT2D eigenvalue weighted by molar-refractivity contribution is 0.0904. The van der Waals surface area contributed by atoms with Crippen LogP contribution in [0.5, 0.6) is 0 Å². The molecule has 1 aliphatic carbocycles. The Morgan fingerprint density at radius 2 is 2.21 bits per heavy atom. The van der Waals surface area contributed by atoms with Gasteiger partial charge in [-0.25, -0.2) is 5.84 Å². The maximum absolute atomic E-state index is 11.7. The average Bonchev–Trinajstić information content (AvgIpc) is 3.19. The number of hydrogen-bond donors (Lipinski definition) is 2. The molecule has 100 valence electrons. The number of fused-ring (bicyclic) bond motifs is 1. The van der Waals surface area contributed by atoms with Gasteiger partial charge in [-0.15, -0.1) is 0 Å². The fourth-order valence-electron chi connectivity index (χ4n) is 2.10. The first-order chi connectivity index (χ1) is 9.29. The molecule has 1 saturated carbocycles. The molecular formula is C14H16N2O3. The smallest absolute Gasteiger partial charge is 0.301 e. The third-order valence-electron chi connectivity index (χ3n) is 3.33. The van der Waals surface area contributed by atoms with E-state index in [1.165, 1.54) is 12.8 Å². The molecule has 5 nitrogen and oxygen atoms in total. The van der Waals surface area contributed by atoms with Crippen LogP contribution in [0.1, 0.15) is 29.0 Å². The van der Waals surface area contributed by atoms with Crippen molar-refractivity contribution in [2.45, 2.75) is 19.4 Å². The van der Waals surface area contributed by atoms with Crippen LogP contribution < -0.4 is 11.3 Å². The van der Waals surface area contributed by atoms with Crippen molar-refractivity contribution in [3.8, 4) is 0 Å². The largest absolute Gasteiger partial charge is 0.450 e. The number of hydrazine groups is 1. The molecule has 0 aliphatic heterocycles. The van der Waals surface area contributed by atoms with Gasteiger partial charge >= 0.3 is 5.91 Å². The third-order valence-corrected chi connectivity index (χ3v) is 3.33. The van der Waals surface area contributed by atoms with Gasteiger partial charge in [0.05, 0.1) is 6.61 Å². The van der Waals surface area contributed by atoms with Crippen molar-refractivity contribution in [3.63, 3.8) is 0 Å². The molecule has 3 N–H and O–H groups in total. The number of carbonyl (C=O) groups is 1. The van der Waals surface area contributed by atoms with Gasteiger partial charge in [-0.2, -0.15) is 0 Å². The fourth-order valence-corrected chi connectivity index (χ4v) is 2.10. The molecule has 1 amide bonds. The zero-order chi connectivity index (χ0) is 13.2. The summed E-state index contributed by atoms with van der Waals surface area (Å²) < 4.78 is 11.2. The van der Waals surface area contributed by atoms with Crippen LogP contribution in [0.15, 0.2) is 28.7 Å². The number of carbonyl (C=O) groups excluding carboxylic acids is 1. The molecule has 1 aromatic heterocycles. The van der Waals surface area contributed by atoms with Crippen molar-refractivity contribution < 1.29 is 13.9 Å². The van der Waals surface area contributed by atoms with Gasteiger partial charge in [-0.05, 0) is 24.8 Å². The van der Waals surface area contributed by atoms with Gasteiger partial charge in [-0.3, -0.25) is 10.2 Å². The highest BCUT2D eigenvalue weighted by molar-refractivity contribution is 5.98. The Labute approximate surface area is 110 Å². The Kier molecular flexibility index (Phi) is 3.23. The zero-order valence-corrected chi connectivity index (χ0v) is 10.5. The van der Waals surface area contributed by atoms with E-state index in [-0.39, 0.29) is 5.76 Å². The van der Waals surface area contributed by atoms with Crippen LogP contribution in [0.25, 0.3) is 11.0 Å². The molecular weight excluding hydrogens is 244 g/mol. The number of furan rings is 1. The van der Waals surface area contributed by atoms with Gasteiger partial charge in [0, 0.05) is 17.6 Å². The topological polar surface area (TPSA) is 77.5 Å². The minimum Gasteiger partial charge on any atom is -0.450 e. The Morgan fingerprint density at radius 1 is 1.42 bits per heavy atom. The lowest BCUT2D eigenvalue weighted by atomic mass is 10.1. The predicted octanol–water partition coefficient (Wildman–Crippen LogP) is 1.96. The van der Waals surface area contributed by atoms with E-state index >= 15 is 0 Å². The number of rotatable bonds is 5. The Balaban J connectivity index is 1.90. The van der Waals surface area contributed by atoms with Crippen LogP contribution in [0.3, 0.4) is 0 Å². The number of ether oxygens (including phenoxy) is 1. The summed E-state index contributed by atoms with van der Waals surface area (Å²) in [5.41, 5.74) is 3.54. The molecule has 0 atom stereocenters. The van der Waals surface area contributed by atoms with Gasteiger partial charge in [0.2, 0.25) is 0 Å². The lowest BCUT2D eigenvalue weighted by Crippen LogP contribution is -2.30. The molecule has 1 aliphatic rings. The zero-order valence-electron chi connectivity index (χ0n) is 10.5. The van der Waals surface area contributed by atoms with E-state index in [0.717, 1.165) is 17.6 Å². The van der Waals surface area contributed by atoms with E-state index in [0.29, 0.717) is 18.1 Å². The Bertz CT molecular complexity index is 602. The molecule has 1 fully saturated rings. The molecule has 0 saturated heterocycles. The SMILES string of the molecule is NNC(=O)c1oc2ccccc2c1COCC1CC1. The summed E-state index contributed by atoms with van der Waals surface area (Å²) in [6.45, 7) is 1.11. The predicted molar refractivity (Wildman–Crippen MR) is 70.2 cm³/mol. The molecule has 2 aromatic rings. The van der Waals surface area contributed by atoms with E-state index in [4.69, 9.17) is 15.0 Å². The Morgan fingerprint density at radius 3 is 2.95 bits per heavy atom. The quantitative estimate of drug-likeness (QED) is 0.489. The number of benzene rings is 1. The van der Waals surface area contributed by atoms with E-state index in [1.807, 2.05) is 24.3 Å². The van der Waals surface area contributed by atoms with Gasteiger partial charge in [0.1, 0.15) is 5.58 Å². The number of nitrogens with two attached hydrogens (primary N) is 1. The average molecular weight is 260 g/mol. The molecule has 0 spiro atoms. The molecule has 0 unspecified atom stereocenters. The van der Waals surface area contributed by atoms with Gasteiger partial charge in [0.15, 0.2) is 5.76 Å². The van der Waals surface area contributed by atoms with Crippen LogP contribution in [0, 0.1) is 5.92 Å². The minimum atomic E-state index is -0.429. The number of nitrogens with one attached hydrogen (secondary N) is 1. The van der Waals surface area contributed by atoms with Crippen LogP contribution in [-0.4, -0.2) is 12.5 Å². The monoisotopic (exact) mass is 260 g/mol. The molecule has 19 heavy (non-hydrogen) atoms. The Hall–Kier alpha value is -1.85. The summed E-state index contributed by atoms with van der Waals surface area (Å²) >= 11 is 0. The molecule has 0 bridgehead atoms. The fraction of sp³-hybridized carbons (Fsp3) is 0.357. The first kappa shape index (κ1) is 12.2. The molecule has 0 radical (unpaired) electrons. The van der Waals surface area contributed by atoms with Crippen molar-refractivity contribution in [1.82, 2.24) is 5.43 Å². The van der Waals surface area contributed by atoms with Gasteiger partial charge < -0.3 is 9.15 Å². The van der Waals surface area contributed by atoms with Crippen LogP contribution in [0.4, 0.5) is 0 Å². The van der Waals surface area contributed by atoms with Crippen molar-refractivity contribution in [1.29, 1.82) is 0 Å². The van der Waals surface area contributed by atoms with Crippen LogP contribution in [0.2, 0.25) is 0 Å². The van der Waals surface area contributed by atoms with Crippen molar-refractivity contribution in [2.75, 3.05) is 6.61 Å². The lowest BCUT2D eigenvalue weighted by Gasteiger charge is -2.03. The number of para-hydroxylation sites is 1. The van der Waals surface area contributed by atoms with Gasteiger partial charge in [-0.1, -0.05) is 18.2 Å². The van der Waals surface area contributed by atoms with Crippen LogP contribution >= 0.6 is 0 Å². The second-order valence-electron chi connectivity index (χ2n) is 4.84. The number of nitrogen functional groups attached to an aromatic ring is 1. The third kappa shape index (κ3) is 2.47. The van der Waals surface area contributed by atoms with Crippen molar-refractivity contribution >= 4 is 16.9 Å². The van der Waals surface area contributed by atoms with Crippen molar-refractivity contribution in [3.05, 3.63) is 35.6 Å².